The molecule has 0 unspecified atom stereocenters. The summed E-state index contributed by atoms with van der Waals surface area (Å²) in [6, 6.07) is 8.17. The first-order valence-electron chi connectivity index (χ1n) is 13.0. The molecule has 0 aliphatic heterocycles. The van der Waals surface area contributed by atoms with E-state index in [1.54, 1.807) is 41.0 Å². The van der Waals surface area contributed by atoms with Crippen molar-refractivity contribution in [3.05, 3.63) is 74.2 Å². The molecule has 0 saturated carbocycles. The minimum absolute atomic E-state index is 0. The van der Waals surface area contributed by atoms with Gasteiger partial charge in [-0.1, -0.05) is 0 Å². The number of hydrogen-bond acceptors (Lipinski definition) is 6. The van der Waals surface area contributed by atoms with Gasteiger partial charge in [-0.3, -0.25) is 4.79 Å². The largest absolute Gasteiger partial charge is 0.508 e. The Morgan fingerprint density at radius 2 is 1.22 bits per heavy atom. The Labute approximate surface area is 286 Å². The number of ether oxygens (including phenoxy) is 1. The SMILES string of the molecule is CC(C)(C)OC(=O)Cc1ccco1.Cc1c(O)ccc(I)c1C(F)(F)F.Cc1c(O)ccc(N)c1C(F)(F)F.FC(F)(F)C#CC(F)(F)F.[2HH]. The highest BCUT2D eigenvalue weighted by atomic mass is 127. The normalized spacial score (nSPS) is 11.7. The van der Waals surface area contributed by atoms with Crippen molar-refractivity contribution in [3.8, 4) is 23.3 Å². The Balaban J connectivity index is 0. The molecule has 0 bridgehead atoms. The van der Waals surface area contributed by atoms with Gasteiger partial charge in [0.1, 0.15) is 29.3 Å². The first kappa shape index (κ1) is 45.0. The van der Waals surface area contributed by atoms with E-state index in [1.165, 1.54) is 26.0 Å². The molecule has 0 atom stereocenters. The number of alkyl halides is 12. The molecular formula is C30H30F12INO5. The lowest BCUT2D eigenvalue weighted by Crippen LogP contribution is -2.24. The van der Waals surface area contributed by atoms with Crippen molar-refractivity contribution in [3.63, 3.8) is 0 Å². The minimum Gasteiger partial charge on any atom is -0.508 e. The standard InChI is InChI=1S/C10H14O3.C8H6F3IO.C8H8F3NO.C4F6.H2/c1-10(2,3)13-9(11)7-8-5-4-6-12-8;2*1-4-6(13)3-2-5(12)7(4)8(9,10)11;5-3(6,7)1-2-4(8,9)10;/h4-6H,7H2,1-3H3;2-3,13H,1H3;2-3,13H,12H2,1H3;;1H/i;;;;1+1. The number of halogens is 13. The van der Waals surface area contributed by atoms with Crippen LogP contribution in [0.3, 0.4) is 0 Å². The molecule has 1 aromatic heterocycles. The monoisotopic (exact) mass is 840 g/mol. The van der Waals surface area contributed by atoms with E-state index in [1.807, 2.05) is 20.8 Å². The summed E-state index contributed by atoms with van der Waals surface area (Å²) in [6.07, 6.45) is -17.3. The number of benzene rings is 2. The van der Waals surface area contributed by atoms with Crippen LogP contribution in [0.25, 0.3) is 0 Å². The molecule has 276 valence electrons. The van der Waals surface area contributed by atoms with Gasteiger partial charge in [0.2, 0.25) is 0 Å². The summed E-state index contributed by atoms with van der Waals surface area (Å²) < 4.78 is 150. The average Bonchev–Trinajstić information content (AvgIpc) is 3.38. The van der Waals surface area contributed by atoms with E-state index < -0.39 is 47.2 Å². The summed E-state index contributed by atoms with van der Waals surface area (Å²) in [5.74, 6) is -0.182. The van der Waals surface area contributed by atoms with Crippen molar-refractivity contribution < 1.29 is 78.3 Å². The third-order valence-corrected chi connectivity index (χ3v) is 5.98. The molecule has 3 aromatic rings. The molecule has 3 rings (SSSR count). The second-order valence-corrected chi connectivity index (χ2v) is 11.5. The maximum absolute atomic E-state index is 12.4. The van der Waals surface area contributed by atoms with Crippen LogP contribution >= 0.6 is 22.6 Å². The molecular weight excluding hydrogens is 809 g/mol. The van der Waals surface area contributed by atoms with Gasteiger partial charge in [0.05, 0.1) is 17.4 Å². The molecule has 0 aliphatic carbocycles. The van der Waals surface area contributed by atoms with Gasteiger partial charge in [-0.2, -0.15) is 52.7 Å². The van der Waals surface area contributed by atoms with Crippen molar-refractivity contribution in [1.29, 1.82) is 0 Å². The molecule has 0 radical (unpaired) electrons. The molecule has 1 heterocycles. The number of phenolic OH excluding ortho intramolecular Hbond substituents is 2. The lowest BCUT2D eigenvalue weighted by atomic mass is 10.1. The molecule has 2 aromatic carbocycles. The lowest BCUT2D eigenvalue weighted by Gasteiger charge is -2.18. The van der Waals surface area contributed by atoms with Gasteiger partial charge in [-0.15, -0.1) is 0 Å². The molecule has 49 heavy (non-hydrogen) atoms. The van der Waals surface area contributed by atoms with E-state index in [0.717, 1.165) is 12.1 Å². The van der Waals surface area contributed by atoms with Gasteiger partial charge < -0.3 is 25.1 Å². The van der Waals surface area contributed by atoms with E-state index in [2.05, 4.69) is 0 Å². The maximum Gasteiger partial charge on any atom is 0.457 e. The van der Waals surface area contributed by atoms with Crippen LogP contribution in [-0.4, -0.2) is 34.1 Å². The van der Waals surface area contributed by atoms with Crippen molar-refractivity contribution in [2.24, 2.45) is 0 Å². The summed E-state index contributed by atoms with van der Waals surface area (Å²) in [4.78, 5) is 11.2. The minimum atomic E-state index is -5.07. The zero-order chi connectivity index (χ0) is 38.8. The van der Waals surface area contributed by atoms with E-state index in [4.69, 9.17) is 25.1 Å². The van der Waals surface area contributed by atoms with Crippen molar-refractivity contribution in [1.82, 2.24) is 0 Å². The quantitative estimate of drug-likeness (QED) is 0.0593. The van der Waals surface area contributed by atoms with Gasteiger partial charge in [0, 0.05) is 33.7 Å². The third kappa shape index (κ3) is 18.4. The molecule has 0 saturated heterocycles. The number of aromatic hydroxyl groups is 2. The number of carbonyl (C=O) groups is 1. The van der Waals surface area contributed by atoms with Crippen LogP contribution in [-0.2, 0) is 28.3 Å². The van der Waals surface area contributed by atoms with Gasteiger partial charge in [-0.25, -0.2) is 0 Å². The summed E-state index contributed by atoms with van der Waals surface area (Å²) in [5, 5.41) is 18.1. The van der Waals surface area contributed by atoms with Crippen molar-refractivity contribution in [2.75, 3.05) is 5.73 Å². The number of phenols is 2. The molecule has 19 heteroatoms. The lowest BCUT2D eigenvalue weighted by molar-refractivity contribution is -0.154. The highest BCUT2D eigenvalue weighted by Gasteiger charge is 2.36. The first-order valence-corrected chi connectivity index (χ1v) is 14.1. The van der Waals surface area contributed by atoms with Crippen LogP contribution in [0.1, 0.15) is 50.2 Å². The van der Waals surface area contributed by atoms with Crippen LogP contribution in [0.2, 0.25) is 0 Å². The number of carbonyl (C=O) groups excluding carboxylic acids is 1. The second kappa shape index (κ2) is 17.6. The van der Waals surface area contributed by atoms with Crippen LogP contribution in [0.5, 0.6) is 11.5 Å². The fourth-order valence-corrected chi connectivity index (χ4v) is 4.08. The van der Waals surface area contributed by atoms with Gasteiger partial charge in [0.15, 0.2) is 0 Å². The maximum atomic E-state index is 12.4. The number of furan rings is 1. The molecule has 0 fully saturated rings. The Morgan fingerprint density at radius 3 is 1.55 bits per heavy atom. The first-order chi connectivity index (χ1) is 21.9. The highest BCUT2D eigenvalue weighted by Crippen LogP contribution is 2.39. The van der Waals surface area contributed by atoms with Crippen LogP contribution in [0.15, 0.2) is 47.1 Å². The number of esters is 1. The van der Waals surface area contributed by atoms with Crippen molar-refractivity contribution >= 4 is 34.2 Å². The summed E-state index contributed by atoms with van der Waals surface area (Å²) in [6.45, 7) is 7.95. The van der Waals surface area contributed by atoms with Crippen LogP contribution in [0.4, 0.5) is 58.4 Å². The van der Waals surface area contributed by atoms with E-state index >= 15 is 0 Å². The van der Waals surface area contributed by atoms with Gasteiger partial charge >= 0.3 is 30.7 Å². The summed E-state index contributed by atoms with van der Waals surface area (Å²) in [5.41, 5.74) is 2.26. The zero-order valence-corrected chi connectivity index (χ0v) is 28.0. The number of nitrogens with two attached hydrogens (primary N) is 1. The predicted molar refractivity (Wildman–Crippen MR) is 163 cm³/mol. The number of hydrogen-bond donors (Lipinski definition) is 3. The molecule has 0 spiro atoms. The van der Waals surface area contributed by atoms with Crippen LogP contribution < -0.4 is 5.73 Å². The predicted octanol–water partition coefficient (Wildman–Crippen LogP) is 10.1. The van der Waals surface area contributed by atoms with Gasteiger partial charge in [0.25, 0.3) is 0 Å². The molecule has 0 amide bonds. The Bertz CT molecular complexity index is 1500. The van der Waals surface area contributed by atoms with Crippen LogP contribution in [0, 0.1) is 29.3 Å². The zero-order valence-electron chi connectivity index (χ0n) is 25.9. The Morgan fingerprint density at radius 1 is 0.796 bits per heavy atom. The number of rotatable bonds is 2. The topological polar surface area (TPSA) is 106 Å². The summed E-state index contributed by atoms with van der Waals surface area (Å²) >= 11 is 1.60. The molecule has 0 aliphatic rings. The molecule has 4 N–H and O–H groups in total. The van der Waals surface area contributed by atoms with E-state index in [0.29, 0.717) is 5.76 Å². The fraction of sp³-hybridized carbons (Fsp3) is 0.367. The Hall–Kier alpha value is -3.96. The van der Waals surface area contributed by atoms with Crippen molar-refractivity contribution in [2.45, 2.75) is 71.3 Å². The Kier molecular flexibility index (Phi) is 16.2. The number of anilines is 1. The smallest absolute Gasteiger partial charge is 0.457 e. The average molecular weight is 840 g/mol. The van der Waals surface area contributed by atoms with E-state index in [9.17, 15) is 57.5 Å². The highest BCUT2D eigenvalue weighted by molar-refractivity contribution is 14.1. The summed E-state index contributed by atoms with van der Waals surface area (Å²) in [7, 11) is 0. The fourth-order valence-electron chi connectivity index (χ4n) is 3.19. The second-order valence-electron chi connectivity index (χ2n) is 10.3. The van der Waals surface area contributed by atoms with Gasteiger partial charge in [-0.05, 0) is 93.6 Å². The number of nitrogen functional groups attached to an aromatic ring is 1. The van der Waals surface area contributed by atoms with E-state index in [-0.39, 0.29) is 51.8 Å². The third-order valence-electron chi connectivity index (χ3n) is 5.09. The molecule has 6 nitrogen and oxygen atoms in total.